The van der Waals surface area contributed by atoms with Crippen molar-refractivity contribution in [1.82, 2.24) is 5.32 Å². The van der Waals surface area contributed by atoms with Gasteiger partial charge >= 0.3 is 0 Å². The first-order chi connectivity index (χ1) is 6.09. The van der Waals surface area contributed by atoms with Gasteiger partial charge in [0.1, 0.15) is 0 Å². The Morgan fingerprint density at radius 3 is 2.85 bits per heavy atom. The molecule has 1 aromatic heterocycles. The van der Waals surface area contributed by atoms with Gasteiger partial charge in [-0.1, -0.05) is 0 Å². The van der Waals surface area contributed by atoms with Gasteiger partial charge in [-0.25, -0.2) is 0 Å². The van der Waals surface area contributed by atoms with Crippen LogP contribution in [-0.2, 0) is 0 Å². The Morgan fingerprint density at radius 1 is 1.69 bits per heavy atom. The summed E-state index contributed by atoms with van der Waals surface area (Å²) in [6.45, 7) is 2.09. The number of hydrogen-bond donors (Lipinski definition) is 1. The minimum Gasteiger partial charge on any atom is -0.347 e. The molecule has 0 spiro atoms. The molecule has 2 nitrogen and oxygen atoms in total. The van der Waals surface area contributed by atoms with Gasteiger partial charge in [0, 0.05) is 10.9 Å². The van der Waals surface area contributed by atoms with Crippen LogP contribution in [0.1, 0.15) is 30.1 Å². The number of carbonyl (C=O) groups excluding carboxylic acids is 1. The maximum absolute atomic E-state index is 11.6. The summed E-state index contributed by atoms with van der Waals surface area (Å²) in [4.78, 5) is 11.6. The molecule has 1 amide bonds. The van der Waals surface area contributed by atoms with Crippen molar-refractivity contribution in [3.05, 3.63) is 19.9 Å². The predicted octanol–water partition coefficient (Wildman–Crippen LogP) is 2.64. The molecule has 13 heavy (non-hydrogen) atoms. The van der Waals surface area contributed by atoms with Crippen molar-refractivity contribution in [3.8, 4) is 0 Å². The van der Waals surface area contributed by atoms with Crippen LogP contribution in [0.15, 0.2) is 11.4 Å². The first kappa shape index (κ1) is 9.45. The van der Waals surface area contributed by atoms with E-state index in [-0.39, 0.29) is 11.4 Å². The largest absolute Gasteiger partial charge is 0.347 e. The van der Waals surface area contributed by atoms with Crippen molar-refractivity contribution in [3.63, 3.8) is 0 Å². The summed E-state index contributed by atoms with van der Waals surface area (Å²) in [7, 11) is 0. The fourth-order valence-electron chi connectivity index (χ4n) is 1.09. The van der Waals surface area contributed by atoms with Gasteiger partial charge in [-0.05, 0) is 48.4 Å². The second-order valence-electron chi connectivity index (χ2n) is 3.65. The van der Waals surface area contributed by atoms with Crippen molar-refractivity contribution >= 4 is 39.8 Å². The number of carbonyl (C=O) groups is 1. The molecule has 0 aromatic carbocycles. The van der Waals surface area contributed by atoms with Crippen molar-refractivity contribution < 1.29 is 4.79 Å². The highest BCUT2D eigenvalue weighted by Crippen LogP contribution is 2.34. The van der Waals surface area contributed by atoms with E-state index < -0.39 is 0 Å². The van der Waals surface area contributed by atoms with E-state index in [9.17, 15) is 4.79 Å². The van der Waals surface area contributed by atoms with Crippen molar-refractivity contribution in [1.29, 1.82) is 0 Å². The Morgan fingerprint density at radius 2 is 2.38 bits per heavy atom. The summed E-state index contributed by atoms with van der Waals surface area (Å²) in [5.41, 5.74) is 0.882. The molecule has 2 rings (SSSR count). The quantitative estimate of drug-likeness (QED) is 0.836. The zero-order valence-corrected chi connectivity index (χ0v) is 10.2. The molecule has 1 aliphatic carbocycles. The molecule has 1 aromatic rings. The molecule has 0 bridgehead atoms. The van der Waals surface area contributed by atoms with Gasteiger partial charge in [0.2, 0.25) is 0 Å². The molecule has 1 aliphatic rings. The van der Waals surface area contributed by atoms with Crippen LogP contribution in [0, 0.1) is 2.88 Å². The molecule has 0 atom stereocenters. The maximum Gasteiger partial charge on any atom is 0.252 e. The van der Waals surface area contributed by atoms with Gasteiger partial charge in [0.15, 0.2) is 0 Å². The Labute approximate surface area is 94.9 Å². The lowest BCUT2D eigenvalue weighted by atomic mass is 10.2. The van der Waals surface area contributed by atoms with Crippen LogP contribution in [-0.4, -0.2) is 11.4 Å². The lowest BCUT2D eigenvalue weighted by Crippen LogP contribution is -2.33. The van der Waals surface area contributed by atoms with Gasteiger partial charge < -0.3 is 5.32 Å². The summed E-state index contributed by atoms with van der Waals surface area (Å²) >= 11 is 3.83. The smallest absolute Gasteiger partial charge is 0.252 e. The third kappa shape index (κ3) is 2.22. The average Bonchev–Trinajstić information content (AvgIpc) is 2.62. The van der Waals surface area contributed by atoms with Crippen molar-refractivity contribution in [2.24, 2.45) is 0 Å². The normalized spacial score (nSPS) is 18.3. The molecule has 1 fully saturated rings. The summed E-state index contributed by atoms with van der Waals surface area (Å²) in [6, 6.07) is 1.92. The van der Waals surface area contributed by atoms with Crippen LogP contribution in [0.2, 0.25) is 0 Å². The number of nitrogens with one attached hydrogen (secondary N) is 1. The molecule has 1 N–H and O–H groups in total. The van der Waals surface area contributed by atoms with Crippen LogP contribution < -0.4 is 5.32 Å². The maximum atomic E-state index is 11.6. The van der Waals surface area contributed by atoms with E-state index in [4.69, 9.17) is 0 Å². The highest BCUT2D eigenvalue weighted by atomic mass is 127. The highest BCUT2D eigenvalue weighted by Gasteiger charge is 2.38. The SMILES string of the molecule is CC1(NC(=O)c2csc(I)c2)CC1. The Bertz CT molecular complexity index is 343. The number of thiophene rings is 1. The van der Waals surface area contributed by atoms with Crippen molar-refractivity contribution in [2.45, 2.75) is 25.3 Å². The Hall–Kier alpha value is -0.100. The van der Waals surface area contributed by atoms with E-state index in [1.165, 1.54) is 0 Å². The van der Waals surface area contributed by atoms with E-state index in [1.807, 2.05) is 11.4 Å². The van der Waals surface area contributed by atoms with E-state index in [0.717, 1.165) is 21.3 Å². The summed E-state index contributed by atoms with van der Waals surface area (Å²) in [5, 5.41) is 4.93. The highest BCUT2D eigenvalue weighted by molar-refractivity contribution is 14.1. The van der Waals surface area contributed by atoms with E-state index in [0.29, 0.717) is 0 Å². The van der Waals surface area contributed by atoms with Gasteiger partial charge in [0.25, 0.3) is 5.91 Å². The second kappa shape index (κ2) is 3.24. The summed E-state index contributed by atoms with van der Waals surface area (Å²) < 4.78 is 1.16. The molecular weight excluding hydrogens is 297 g/mol. The number of amides is 1. The van der Waals surface area contributed by atoms with Crippen LogP contribution in [0.5, 0.6) is 0 Å². The minimum atomic E-state index is 0.0687. The second-order valence-corrected chi connectivity index (χ2v) is 6.46. The zero-order valence-electron chi connectivity index (χ0n) is 7.26. The fraction of sp³-hybridized carbons (Fsp3) is 0.444. The molecule has 0 saturated heterocycles. The molecule has 70 valence electrons. The molecule has 4 heteroatoms. The predicted molar refractivity (Wildman–Crippen MR) is 62.1 cm³/mol. The van der Waals surface area contributed by atoms with Crippen molar-refractivity contribution in [2.75, 3.05) is 0 Å². The number of halogens is 1. The average molecular weight is 307 g/mol. The Balaban J connectivity index is 2.05. The van der Waals surface area contributed by atoms with Gasteiger partial charge in [-0.3, -0.25) is 4.79 Å². The van der Waals surface area contributed by atoms with Crippen LogP contribution in [0.25, 0.3) is 0 Å². The van der Waals surface area contributed by atoms with Crippen LogP contribution >= 0.6 is 33.9 Å². The standard InChI is InChI=1S/C9H10INOS/c1-9(2-3-9)11-8(12)6-4-7(10)13-5-6/h4-5H,2-3H2,1H3,(H,11,12). The Kier molecular flexibility index (Phi) is 2.35. The lowest BCUT2D eigenvalue weighted by Gasteiger charge is -2.09. The van der Waals surface area contributed by atoms with Crippen LogP contribution in [0.3, 0.4) is 0 Å². The number of hydrogen-bond acceptors (Lipinski definition) is 2. The summed E-state index contributed by atoms with van der Waals surface area (Å²) in [6.07, 6.45) is 2.22. The van der Waals surface area contributed by atoms with E-state index >= 15 is 0 Å². The molecule has 0 aliphatic heterocycles. The van der Waals surface area contributed by atoms with E-state index in [2.05, 4.69) is 34.8 Å². The monoisotopic (exact) mass is 307 g/mol. The van der Waals surface area contributed by atoms with Gasteiger partial charge in [-0.15, -0.1) is 11.3 Å². The molecular formula is C9H10INOS. The first-order valence-electron chi connectivity index (χ1n) is 4.16. The third-order valence-corrected chi connectivity index (χ3v) is 4.03. The fourth-order valence-corrected chi connectivity index (χ4v) is 2.41. The molecule has 0 unspecified atom stereocenters. The first-order valence-corrected chi connectivity index (χ1v) is 6.11. The lowest BCUT2D eigenvalue weighted by molar-refractivity contribution is 0.0936. The topological polar surface area (TPSA) is 29.1 Å². The molecule has 1 heterocycles. The minimum absolute atomic E-state index is 0.0687. The zero-order chi connectivity index (χ0) is 9.47. The third-order valence-electron chi connectivity index (χ3n) is 2.24. The molecule has 0 radical (unpaired) electrons. The van der Waals surface area contributed by atoms with Crippen LogP contribution in [0.4, 0.5) is 0 Å². The van der Waals surface area contributed by atoms with E-state index in [1.54, 1.807) is 11.3 Å². The summed E-state index contributed by atoms with van der Waals surface area (Å²) in [5.74, 6) is 0.0687. The number of rotatable bonds is 2. The van der Waals surface area contributed by atoms with Gasteiger partial charge in [-0.2, -0.15) is 0 Å². The molecule has 1 saturated carbocycles. The van der Waals surface area contributed by atoms with Gasteiger partial charge in [0.05, 0.1) is 8.45 Å².